The number of amides is 1. The van der Waals surface area contributed by atoms with Crippen molar-refractivity contribution < 1.29 is 28.0 Å². The molecule has 1 aliphatic rings. The van der Waals surface area contributed by atoms with E-state index >= 15 is 0 Å². The summed E-state index contributed by atoms with van der Waals surface area (Å²) < 4.78 is 27.6. The molecule has 0 aliphatic carbocycles. The molecule has 0 unspecified atom stereocenters. The zero-order chi connectivity index (χ0) is 25.0. The maximum absolute atomic E-state index is 13.6. The van der Waals surface area contributed by atoms with Gasteiger partial charge in [0.1, 0.15) is 11.1 Å². The quantitative estimate of drug-likeness (QED) is 0.387. The van der Waals surface area contributed by atoms with Crippen molar-refractivity contribution in [3.05, 3.63) is 68.7 Å². The van der Waals surface area contributed by atoms with Crippen LogP contribution in [0.5, 0.6) is 0 Å². The zero-order valence-electron chi connectivity index (χ0n) is 18.3. The Hall–Kier alpha value is -3.02. The number of halogens is 1. The van der Waals surface area contributed by atoms with E-state index in [-0.39, 0.29) is 17.9 Å². The minimum atomic E-state index is -4.77. The monoisotopic (exact) mass is 509 g/mol. The molecule has 10 nitrogen and oxygen atoms in total. The van der Waals surface area contributed by atoms with Crippen molar-refractivity contribution >= 4 is 39.2 Å². The summed E-state index contributed by atoms with van der Waals surface area (Å²) in [5.74, 6) is -2.42. The van der Waals surface area contributed by atoms with Gasteiger partial charge in [-0.15, -0.1) is 0 Å². The number of nitro benzene ring substituents is 1. The van der Waals surface area contributed by atoms with Crippen LogP contribution in [-0.4, -0.2) is 46.7 Å². The molecule has 2 atom stereocenters. The number of nitrogens with zero attached hydrogens (tertiary/aromatic N) is 2. The van der Waals surface area contributed by atoms with Crippen LogP contribution in [0, 0.1) is 10.1 Å². The van der Waals surface area contributed by atoms with E-state index in [1.807, 2.05) is 25.1 Å². The number of carbonyl (C=O) groups excluding carboxylic acids is 1. The normalized spacial score (nSPS) is 16.4. The van der Waals surface area contributed by atoms with E-state index in [4.69, 9.17) is 11.6 Å². The number of nitro groups is 1. The van der Waals surface area contributed by atoms with Crippen LogP contribution in [0.25, 0.3) is 0 Å². The third-order valence-corrected chi connectivity index (χ3v) is 7.79. The highest BCUT2D eigenvalue weighted by Gasteiger charge is 2.43. The van der Waals surface area contributed by atoms with Crippen LogP contribution in [0.1, 0.15) is 37.3 Å². The predicted molar refractivity (Wildman–Crippen MR) is 124 cm³/mol. The molecule has 34 heavy (non-hydrogen) atoms. The van der Waals surface area contributed by atoms with Gasteiger partial charge in [0.2, 0.25) is 0 Å². The van der Waals surface area contributed by atoms with Crippen molar-refractivity contribution in [2.75, 3.05) is 0 Å². The molecule has 0 radical (unpaired) electrons. The number of benzene rings is 2. The average Bonchev–Trinajstić information content (AvgIpc) is 2.80. The summed E-state index contributed by atoms with van der Waals surface area (Å²) >= 11 is 5.81. The molecule has 0 spiro atoms. The first kappa shape index (κ1) is 25.6. The van der Waals surface area contributed by atoms with Gasteiger partial charge in [0.25, 0.3) is 21.6 Å². The molecular weight excluding hydrogens is 486 g/mol. The van der Waals surface area contributed by atoms with E-state index in [0.29, 0.717) is 23.7 Å². The summed E-state index contributed by atoms with van der Waals surface area (Å²) in [6, 6.07) is 7.48. The summed E-state index contributed by atoms with van der Waals surface area (Å²) in [5.41, 5.74) is 1.13. The van der Waals surface area contributed by atoms with Gasteiger partial charge in [0.15, 0.2) is 0 Å². The van der Waals surface area contributed by atoms with Gasteiger partial charge in [0.05, 0.1) is 15.9 Å². The lowest BCUT2D eigenvalue weighted by Gasteiger charge is -2.33. The maximum atomic E-state index is 13.6. The molecule has 1 heterocycles. The van der Waals surface area contributed by atoms with Crippen molar-refractivity contribution in [1.82, 2.24) is 9.62 Å². The van der Waals surface area contributed by atoms with E-state index in [1.54, 1.807) is 6.07 Å². The van der Waals surface area contributed by atoms with Gasteiger partial charge in [-0.25, -0.2) is 17.5 Å². The summed E-state index contributed by atoms with van der Waals surface area (Å²) in [6.07, 6.45) is 1.00. The Morgan fingerprint density at radius 1 is 1.26 bits per heavy atom. The second-order valence-corrected chi connectivity index (χ2v) is 10.1. The number of hydrogen-bond acceptors (Lipinski definition) is 7. The summed E-state index contributed by atoms with van der Waals surface area (Å²) in [5, 5.41) is 23.9. The highest BCUT2D eigenvalue weighted by atomic mass is 35.5. The van der Waals surface area contributed by atoms with E-state index in [9.17, 15) is 33.2 Å². The molecule has 0 saturated carbocycles. The fourth-order valence-corrected chi connectivity index (χ4v) is 5.68. The van der Waals surface area contributed by atoms with Gasteiger partial charge in [-0.3, -0.25) is 14.9 Å². The van der Waals surface area contributed by atoms with Crippen molar-refractivity contribution in [3.8, 4) is 0 Å². The van der Waals surface area contributed by atoms with Gasteiger partial charge in [0, 0.05) is 12.6 Å². The maximum Gasteiger partial charge on any atom is 0.327 e. The lowest BCUT2D eigenvalue weighted by atomic mass is 9.95. The number of sulfonamides is 1. The second-order valence-electron chi connectivity index (χ2n) is 7.91. The van der Waals surface area contributed by atoms with Crippen molar-refractivity contribution in [1.29, 1.82) is 0 Å². The third-order valence-electron chi connectivity index (χ3n) is 5.67. The number of fused-ring (bicyclic) bond motifs is 1. The molecular formula is C22H24ClN3O7S. The minimum Gasteiger partial charge on any atom is -0.480 e. The predicted octanol–water partition coefficient (Wildman–Crippen LogP) is 3.12. The van der Waals surface area contributed by atoms with Crippen molar-refractivity contribution in [2.45, 2.75) is 56.1 Å². The molecule has 0 aromatic heterocycles. The van der Waals surface area contributed by atoms with Crippen molar-refractivity contribution in [3.63, 3.8) is 0 Å². The molecule has 1 aliphatic heterocycles. The molecule has 0 bridgehead atoms. The van der Waals surface area contributed by atoms with Gasteiger partial charge in [-0.1, -0.05) is 55.6 Å². The van der Waals surface area contributed by atoms with Crippen molar-refractivity contribution in [2.24, 2.45) is 0 Å². The van der Waals surface area contributed by atoms with Crippen LogP contribution in [0.2, 0.25) is 5.02 Å². The highest BCUT2D eigenvalue weighted by Crippen LogP contribution is 2.31. The molecule has 12 heteroatoms. The first-order valence-electron chi connectivity index (χ1n) is 10.6. The molecule has 182 valence electrons. The topological polar surface area (TPSA) is 147 Å². The van der Waals surface area contributed by atoms with Crippen LogP contribution >= 0.6 is 11.6 Å². The molecule has 2 aromatic carbocycles. The fourth-order valence-electron chi connectivity index (χ4n) is 3.87. The Labute approximate surface area is 201 Å². The van der Waals surface area contributed by atoms with Crippen LogP contribution < -0.4 is 5.32 Å². The van der Waals surface area contributed by atoms with E-state index in [1.165, 1.54) is 0 Å². The van der Waals surface area contributed by atoms with Crippen LogP contribution in [-0.2, 0) is 32.6 Å². The summed E-state index contributed by atoms with van der Waals surface area (Å²) in [4.78, 5) is 35.6. The number of rotatable bonds is 9. The molecule has 0 fully saturated rings. The number of carbonyl (C=O) groups is 2. The second kappa shape index (κ2) is 10.5. The first-order chi connectivity index (χ1) is 16.1. The highest BCUT2D eigenvalue weighted by molar-refractivity contribution is 7.89. The number of nitrogens with one attached hydrogen (secondary N) is 1. The standard InChI is InChI=1S/C22H24ClN3O7S/c1-2-3-8-19(22(28)29)25(21(27)18-11-14-6-4-5-7-15(14)13-24-18)34(32,33)16-9-10-17(23)20(12-16)26(30)31/h4-7,9-10,12,18-19,24H,2-3,8,11,13H2,1H3,(H,28,29)/t18-,19-/m0/s1. The lowest BCUT2D eigenvalue weighted by molar-refractivity contribution is -0.384. The molecule has 1 amide bonds. The number of aliphatic carboxylic acids is 1. The number of unbranched alkanes of at least 4 members (excludes halogenated alkanes) is 1. The molecule has 0 saturated heterocycles. The molecule has 3 rings (SSSR count). The van der Waals surface area contributed by atoms with E-state index < -0.39 is 49.5 Å². The molecule has 2 aromatic rings. The Morgan fingerprint density at radius 3 is 2.56 bits per heavy atom. The lowest BCUT2D eigenvalue weighted by Crippen LogP contribution is -2.56. The number of carboxylic acid groups (broad SMARTS) is 1. The van der Waals surface area contributed by atoms with Gasteiger partial charge in [-0.2, -0.15) is 0 Å². The Balaban J connectivity index is 2.08. The Kier molecular flexibility index (Phi) is 7.90. The molecule has 2 N–H and O–H groups in total. The van der Waals surface area contributed by atoms with Gasteiger partial charge >= 0.3 is 5.97 Å². The fraction of sp³-hybridized carbons (Fsp3) is 0.364. The van der Waals surface area contributed by atoms with Gasteiger partial charge in [-0.05, 0) is 36.1 Å². The van der Waals surface area contributed by atoms with E-state index in [0.717, 1.165) is 29.3 Å². The Bertz CT molecular complexity index is 1220. The van der Waals surface area contributed by atoms with Crippen LogP contribution in [0.4, 0.5) is 5.69 Å². The Morgan fingerprint density at radius 2 is 1.94 bits per heavy atom. The summed E-state index contributed by atoms with van der Waals surface area (Å²) in [6.45, 7) is 2.11. The third kappa shape index (κ3) is 5.21. The largest absolute Gasteiger partial charge is 0.480 e. The average molecular weight is 510 g/mol. The van der Waals surface area contributed by atoms with Crippen LogP contribution in [0.3, 0.4) is 0 Å². The smallest absolute Gasteiger partial charge is 0.327 e. The SMILES string of the molecule is CCCC[C@@H](C(=O)O)N(C(=O)[C@@H]1Cc2ccccc2CN1)S(=O)(=O)c1ccc(Cl)c([N+](=O)[O-])c1. The summed E-state index contributed by atoms with van der Waals surface area (Å²) in [7, 11) is -4.77. The zero-order valence-corrected chi connectivity index (χ0v) is 19.9. The first-order valence-corrected chi connectivity index (χ1v) is 12.4. The van der Waals surface area contributed by atoms with Gasteiger partial charge < -0.3 is 10.4 Å². The number of carboxylic acids is 1. The van der Waals surface area contributed by atoms with Crippen LogP contribution in [0.15, 0.2) is 47.4 Å². The number of hydrogen-bond donors (Lipinski definition) is 2. The minimum absolute atomic E-state index is 0.101. The van der Waals surface area contributed by atoms with E-state index in [2.05, 4.69) is 5.32 Å².